The lowest BCUT2D eigenvalue weighted by Crippen LogP contribution is -2.27. The third kappa shape index (κ3) is 2.55. The van der Waals surface area contributed by atoms with E-state index in [1.807, 2.05) is 19.1 Å². The molecule has 0 saturated carbocycles. The first-order chi connectivity index (χ1) is 8.61. The maximum atomic E-state index is 9.89. The highest BCUT2D eigenvalue weighted by molar-refractivity contribution is 5.38. The summed E-state index contributed by atoms with van der Waals surface area (Å²) in [6, 6.07) is 10.7. The van der Waals surface area contributed by atoms with Crippen molar-refractivity contribution in [3.63, 3.8) is 0 Å². The van der Waals surface area contributed by atoms with Gasteiger partial charge >= 0.3 is 0 Å². The predicted molar refractivity (Wildman–Crippen MR) is 75.3 cm³/mol. The highest BCUT2D eigenvalue weighted by Gasteiger charge is 2.28. The predicted octanol–water partition coefficient (Wildman–Crippen LogP) is 2.78. The van der Waals surface area contributed by atoms with E-state index in [1.54, 1.807) is 0 Å². The molecule has 1 aliphatic carbocycles. The number of nitrogens with zero attached hydrogens (tertiary/aromatic N) is 1. The molecule has 2 heteroatoms. The van der Waals surface area contributed by atoms with Gasteiger partial charge in [-0.2, -0.15) is 0 Å². The molecule has 0 fully saturated rings. The van der Waals surface area contributed by atoms with Crippen molar-refractivity contribution in [2.24, 2.45) is 5.92 Å². The second kappa shape index (κ2) is 5.51. The molecule has 96 valence electrons. The quantitative estimate of drug-likeness (QED) is 0.879. The molecule has 3 atom stereocenters. The standard InChI is InChI=1S/C16H21NO/c1-12(18)14-10-7-11-15(14)16(17(2)3)13-8-5-4-6-9-13/h4-12,14,16,18H,1-3H3/t12-,14?,16-/m1/s1. The molecule has 1 N–H and O–H groups in total. The molecule has 1 unspecified atom stereocenters. The first-order valence-corrected chi connectivity index (χ1v) is 6.39. The molecule has 0 amide bonds. The summed E-state index contributed by atoms with van der Waals surface area (Å²) in [6.45, 7) is 1.85. The fourth-order valence-corrected chi connectivity index (χ4v) is 2.65. The summed E-state index contributed by atoms with van der Waals surface area (Å²) in [6.07, 6.45) is 5.92. The van der Waals surface area contributed by atoms with Gasteiger partial charge in [-0.1, -0.05) is 48.6 Å². The maximum Gasteiger partial charge on any atom is 0.0612 e. The van der Waals surface area contributed by atoms with E-state index in [0.29, 0.717) is 0 Å². The monoisotopic (exact) mass is 243 g/mol. The SMILES string of the molecule is C[C@@H](O)C1C=CC=C1[C@@H](c1ccccc1)N(C)C. The van der Waals surface area contributed by atoms with E-state index in [4.69, 9.17) is 0 Å². The fraction of sp³-hybridized carbons (Fsp3) is 0.375. The summed E-state index contributed by atoms with van der Waals surface area (Å²) in [5.74, 6) is 0.123. The Labute approximate surface area is 109 Å². The van der Waals surface area contributed by atoms with Gasteiger partial charge in [-0.05, 0) is 32.2 Å². The third-order valence-corrected chi connectivity index (χ3v) is 3.46. The van der Waals surface area contributed by atoms with Crippen LogP contribution in [0, 0.1) is 5.92 Å². The number of benzene rings is 1. The van der Waals surface area contributed by atoms with Gasteiger partial charge in [0.1, 0.15) is 0 Å². The van der Waals surface area contributed by atoms with E-state index < -0.39 is 0 Å². The van der Waals surface area contributed by atoms with Gasteiger partial charge < -0.3 is 5.11 Å². The van der Waals surface area contributed by atoms with Gasteiger partial charge in [0.2, 0.25) is 0 Å². The number of likely N-dealkylation sites (N-methyl/N-ethyl adjacent to an activating group) is 1. The van der Waals surface area contributed by atoms with Crippen molar-refractivity contribution in [2.45, 2.75) is 19.1 Å². The van der Waals surface area contributed by atoms with Crippen molar-refractivity contribution in [1.29, 1.82) is 0 Å². The van der Waals surface area contributed by atoms with Crippen LogP contribution in [0.4, 0.5) is 0 Å². The summed E-state index contributed by atoms with van der Waals surface area (Å²) in [4.78, 5) is 2.20. The molecule has 0 heterocycles. The van der Waals surface area contributed by atoms with Gasteiger partial charge in [-0.15, -0.1) is 0 Å². The van der Waals surface area contributed by atoms with E-state index in [9.17, 15) is 5.11 Å². The maximum absolute atomic E-state index is 9.89. The van der Waals surface area contributed by atoms with E-state index in [2.05, 4.69) is 55.4 Å². The molecule has 0 saturated heterocycles. The normalized spacial score (nSPS) is 22.1. The Bertz CT molecular complexity index is 445. The van der Waals surface area contributed by atoms with E-state index in [-0.39, 0.29) is 18.1 Å². The molecule has 0 aliphatic heterocycles. The Morgan fingerprint density at radius 3 is 2.39 bits per heavy atom. The second-order valence-electron chi connectivity index (χ2n) is 5.09. The van der Waals surface area contributed by atoms with Gasteiger partial charge in [-0.3, -0.25) is 4.90 Å². The van der Waals surface area contributed by atoms with Crippen LogP contribution in [0.15, 0.2) is 54.1 Å². The average Bonchev–Trinajstić information content (AvgIpc) is 2.79. The van der Waals surface area contributed by atoms with Crippen LogP contribution in [0.2, 0.25) is 0 Å². The van der Waals surface area contributed by atoms with E-state index in [1.165, 1.54) is 11.1 Å². The van der Waals surface area contributed by atoms with Crippen molar-refractivity contribution >= 4 is 0 Å². The lowest BCUT2D eigenvalue weighted by molar-refractivity contribution is 0.155. The summed E-state index contributed by atoms with van der Waals surface area (Å²) in [5, 5.41) is 9.89. The number of hydrogen-bond acceptors (Lipinski definition) is 2. The Morgan fingerprint density at radius 2 is 1.83 bits per heavy atom. The second-order valence-corrected chi connectivity index (χ2v) is 5.09. The molecule has 0 spiro atoms. The van der Waals surface area contributed by atoms with Crippen LogP contribution in [-0.4, -0.2) is 30.2 Å². The highest BCUT2D eigenvalue weighted by atomic mass is 16.3. The van der Waals surface area contributed by atoms with E-state index >= 15 is 0 Å². The average molecular weight is 243 g/mol. The number of allylic oxidation sites excluding steroid dienone is 2. The largest absolute Gasteiger partial charge is 0.392 e. The molecule has 1 aromatic rings. The first kappa shape index (κ1) is 13.1. The number of aliphatic hydroxyl groups is 1. The van der Waals surface area contributed by atoms with Gasteiger partial charge in [0.15, 0.2) is 0 Å². The molecular formula is C16H21NO. The number of aliphatic hydroxyl groups excluding tert-OH is 1. The molecule has 1 aromatic carbocycles. The molecule has 2 nitrogen and oxygen atoms in total. The van der Waals surface area contributed by atoms with E-state index in [0.717, 1.165) is 0 Å². The van der Waals surface area contributed by atoms with Gasteiger partial charge in [0.05, 0.1) is 12.1 Å². The van der Waals surface area contributed by atoms with Crippen molar-refractivity contribution in [3.05, 3.63) is 59.7 Å². The smallest absolute Gasteiger partial charge is 0.0612 e. The third-order valence-electron chi connectivity index (χ3n) is 3.46. The van der Waals surface area contributed by atoms with Crippen molar-refractivity contribution in [3.8, 4) is 0 Å². The summed E-state index contributed by atoms with van der Waals surface area (Å²) in [5.41, 5.74) is 2.53. The molecule has 0 aromatic heterocycles. The van der Waals surface area contributed by atoms with Crippen LogP contribution in [0.1, 0.15) is 18.5 Å². The molecular weight excluding hydrogens is 222 g/mol. The van der Waals surface area contributed by atoms with Gasteiger partial charge in [0, 0.05) is 5.92 Å². The molecule has 0 radical (unpaired) electrons. The zero-order valence-electron chi connectivity index (χ0n) is 11.2. The first-order valence-electron chi connectivity index (χ1n) is 6.39. The van der Waals surface area contributed by atoms with Crippen molar-refractivity contribution in [1.82, 2.24) is 4.90 Å². The molecule has 18 heavy (non-hydrogen) atoms. The number of rotatable bonds is 4. The Hall–Kier alpha value is -1.38. The Balaban J connectivity index is 2.33. The van der Waals surface area contributed by atoms with Crippen molar-refractivity contribution < 1.29 is 5.11 Å². The summed E-state index contributed by atoms with van der Waals surface area (Å²) >= 11 is 0. The molecule has 0 bridgehead atoms. The topological polar surface area (TPSA) is 23.5 Å². The van der Waals surface area contributed by atoms with Crippen LogP contribution < -0.4 is 0 Å². The minimum absolute atomic E-state index is 0.123. The summed E-state index contributed by atoms with van der Waals surface area (Å²) in [7, 11) is 4.16. The zero-order valence-corrected chi connectivity index (χ0v) is 11.2. The Morgan fingerprint density at radius 1 is 1.17 bits per heavy atom. The minimum atomic E-state index is -0.346. The van der Waals surface area contributed by atoms with Gasteiger partial charge in [-0.25, -0.2) is 0 Å². The lowest BCUT2D eigenvalue weighted by atomic mass is 9.87. The van der Waals surface area contributed by atoms with Crippen LogP contribution in [0.25, 0.3) is 0 Å². The molecule has 1 aliphatic rings. The van der Waals surface area contributed by atoms with Gasteiger partial charge in [0.25, 0.3) is 0 Å². The van der Waals surface area contributed by atoms with Crippen LogP contribution in [0.5, 0.6) is 0 Å². The zero-order chi connectivity index (χ0) is 13.1. The van der Waals surface area contributed by atoms with Crippen molar-refractivity contribution in [2.75, 3.05) is 14.1 Å². The number of hydrogen-bond donors (Lipinski definition) is 1. The minimum Gasteiger partial charge on any atom is -0.392 e. The van der Waals surface area contributed by atoms with Crippen LogP contribution in [0.3, 0.4) is 0 Å². The summed E-state index contributed by atoms with van der Waals surface area (Å²) < 4.78 is 0. The van der Waals surface area contributed by atoms with Crippen LogP contribution in [-0.2, 0) is 0 Å². The fourth-order valence-electron chi connectivity index (χ4n) is 2.65. The Kier molecular flexibility index (Phi) is 4.00. The molecule has 2 rings (SSSR count). The highest BCUT2D eigenvalue weighted by Crippen LogP contribution is 2.36. The van der Waals surface area contributed by atoms with Crippen LogP contribution >= 0.6 is 0 Å². The lowest BCUT2D eigenvalue weighted by Gasteiger charge is -2.31.